The van der Waals surface area contributed by atoms with Crippen molar-refractivity contribution < 1.29 is 14.5 Å². The maximum Gasteiger partial charge on any atom is 0.321 e. The van der Waals surface area contributed by atoms with Crippen molar-refractivity contribution in [1.82, 2.24) is 4.90 Å². The zero-order valence-corrected chi connectivity index (χ0v) is 9.76. The Balaban J connectivity index is 3.06. The normalized spacial score (nSPS) is 9.59. The number of hydrogen-bond donors (Lipinski definition) is 1. The van der Waals surface area contributed by atoms with Gasteiger partial charge >= 0.3 is 6.03 Å². The first kappa shape index (κ1) is 12.8. The van der Waals surface area contributed by atoms with Gasteiger partial charge in [0.1, 0.15) is 11.4 Å². The van der Waals surface area contributed by atoms with Gasteiger partial charge in [-0.15, -0.1) is 0 Å². The molecule has 1 N–H and O–H groups in total. The number of carbonyl (C=O) groups is 1. The summed E-state index contributed by atoms with van der Waals surface area (Å²) in [5.74, 6) is 0.361. The predicted molar refractivity (Wildman–Crippen MR) is 62.4 cm³/mol. The number of carbonyl (C=O) groups excluding carboxylic acids is 1. The third-order valence-electron chi connectivity index (χ3n) is 2.05. The molecule has 0 saturated heterocycles. The van der Waals surface area contributed by atoms with Gasteiger partial charge in [0.15, 0.2) is 0 Å². The first-order valence-electron chi connectivity index (χ1n) is 4.76. The van der Waals surface area contributed by atoms with Gasteiger partial charge in [-0.25, -0.2) is 4.79 Å². The fraction of sp³-hybridized carbons (Fsp3) is 0.300. The van der Waals surface area contributed by atoms with Crippen molar-refractivity contribution >= 4 is 17.4 Å². The molecule has 2 amide bonds. The lowest BCUT2D eigenvalue weighted by Gasteiger charge is -2.12. The number of urea groups is 1. The molecule has 0 fully saturated rings. The van der Waals surface area contributed by atoms with Crippen LogP contribution in [0.2, 0.25) is 0 Å². The maximum atomic E-state index is 11.4. The number of nitro groups is 1. The smallest absolute Gasteiger partial charge is 0.321 e. The van der Waals surface area contributed by atoms with Crippen LogP contribution in [0.1, 0.15) is 0 Å². The second kappa shape index (κ2) is 5.15. The summed E-state index contributed by atoms with van der Waals surface area (Å²) in [6.45, 7) is 0. The van der Waals surface area contributed by atoms with Crippen LogP contribution in [0, 0.1) is 10.1 Å². The molecule has 17 heavy (non-hydrogen) atoms. The van der Waals surface area contributed by atoms with Crippen molar-refractivity contribution in [2.24, 2.45) is 0 Å². The van der Waals surface area contributed by atoms with E-state index in [1.165, 1.54) is 30.2 Å². The molecule has 0 radical (unpaired) electrons. The summed E-state index contributed by atoms with van der Waals surface area (Å²) < 4.78 is 4.88. The maximum absolute atomic E-state index is 11.4. The molecule has 1 rings (SSSR count). The highest BCUT2D eigenvalue weighted by Crippen LogP contribution is 2.28. The summed E-state index contributed by atoms with van der Waals surface area (Å²) in [6.07, 6.45) is 0. The number of amides is 2. The van der Waals surface area contributed by atoms with E-state index in [1.807, 2.05) is 0 Å². The minimum atomic E-state index is -0.576. The van der Waals surface area contributed by atoms with Crippen LogP contribution in [-0.2, 0) is 0 Å². The van der Waals surface area contributed by atoms with E-state index in [-0.39, 0.29) is 11.4 Å². The fourth-order valence-corrected chi connectivity index (χ4v) is 1.12. The van der Waals surface area contributed by atoms with Crippen LogP contribution < -0.4 is 10.1 Å². The first-order valence-corrected chi connectivity index (χ1v) is 4.76. The van der Waals surface area contributed by atoms with Crippen molar-refractivity contribution in [1.29, 1.82) is 0 Å². The average Bonchev–Trinajstić information content (AvgIpc) is 2.29. The highest BCUT2D eigenvalue weighted by molar-refractivity contribution is 5.91. The van der Waals surface area contributed by atoms with Crippen molar-refractivity contribution in [3.63, 3.8) is 0 Å². The number of nitrogens with zero attached hydrogens (tertiary/aromatic N) is 2. The number of benzene rings is 1. The summed E-state index contributed by atoms with van der Waals surface area (Å²) in [5.41, 5.74) is -0.0750. The summed E-state index contributed by atoms with van der Waals surface area (Å²) in [6, 6.07) is 3.79. The molecular weight excluding hydrogens is 226 g/mol. The molecule has 1 aromatic carbocycles. The Labute approximate surface area is 98.1 Å². The Morgan fingerprint density at radius 3 is 2.59 bits per heavy atom. The predicted octanol–water partition coefficient (Wildman–Crippen LogP) is 1.70. The molecule has 0 heterocycles. The Morgan fingerprint density at radius 1 is 1.47 bits per heavy atom. The molecule has 0 aliphatic carbocycles. The van der Waals surface area contributed by atoms with Crippen molar-refractivity contribution in [2.45, 2.75) is 0 Å². The third kappa shape index (κ3) is 3.07. The van der Waals surface area contributed by atoms with Crippen LogP contribution in [-0.4, -0.2) is 37.1 Å². The van der Waals surface area contributed by atoms with Gasteiger partial charge in [-0.2, -0.15) is 0 Å². The van der Waals surface area contributed by atoms with Gasteiger partial charge in [0, 0.05) is 14.1 Å². The second-order valence-corrected chi connectivity index (χ2v) is 3.46. The molecule has 0 atom stereocenters. The fourth-order valence-electron chi connectivity index (χ4n) is 1.12. The van der Waals surface area contributed by atoms with Crippen LogP contribution in [0.15, 0.2) is 18.2 Å². The molecule has 0 aliphatic rings. The minimum Gasteiger partial charge on any atom is -0.496 e. The van der Waals surface area contributed by atoms with E-state index in [4.69, 9.17) is 4.74 Å². The number of hydrogen-bond acceptors (Lipinski definition) is 4. The summed E-state index contributed by atoms with van der Waals surface area (Å²) in [7, 11) is 4.51. The lowest BCUT2D eigenvalue weighted by molar-refractivity contribution is -0.384. The lowest BCUT2D eigenvalue weighted by Crippen LogP contribution is -2.27. The minimum absolute atomic E-state index is 0.134. The number of nitrogens with one attached hydrogen (secondary N) is 1. The number of methoxy groups -OCH3 is 1. The lowest BCUT2D eigenvalue weighted by atomic mass is 10.2. The molecule has 1 aromatic rings. The Bertz CT molecular complexity index is 445. The molecule has 0 aliphatic heterocycles. The van der Waals surface area contributed by atoms with Crippen molar-refractivity contribution in [3.05, 3.63) is 28.3 Å². The van der Waals surface area contributed by atoms with Crippen LogP contribution >= 0.6 is 0 Å². The Kier molecular flexibility index (Phi) is 3.86. The van der Waals surface area contributed by atoms with Crippen molar-refractivity contribution in [3.8, 4) is 5.75 Å². The van der Waals surface area contributed by atoms with Gasteiger partial charge < -0.3 is 15.0 Å². The highest BCUT2D eigenvalue weighted by atomic mass is 16.6. The Morgan fingerprint density at radius 2 is 2.12 bits per heavy atom. The third-order valence-corrected chi connectivity index (χ3v) is 2.05. The van der Waals surface area contributed by atoms with Crippen LogP contribution in [0.25, 0.3) is 0 Å². The molecule has 0 saturated carbocycles. The molecule has 0 bridgehead atoms. The van der Waals surface area contributed by atoms with E-state index in [0.717, 1.165) is 0 Å². The molecular formula is C10H13N3O4. The monoisotopic (exact) mass is 239 g/mol. The van der Waals surface area contributed by atoms with E-state index in [9.17, 15) is 14.9 Å². The van der Waals surface area contributed by atoms with E-state index in [2.05, 4.69) is 5.32 Å². The van der Waals surface area contributed by atoms with Gasteiger partial charge in [-0.05, 0) is 12.1 Å². The topological polar surface area (TPSA) is 84.7 Å². The molecule has 7 nitrogen and oxygen atoms in total. The molecule has 0 aromatic heterocycles. The van der Waals surface area contributed by atoms with Gasteiger partial charge in [0.05, 0.1) is 18.1 Å². The number of nitro benzene ring substituents is 1. The average molecular weight is 239 g/mol. The first-order chi connectivity index (χ1) is 7.95. The zero-order valence-electron chi connectivity index (χ0n) is 9.76. The van der Waals surface area contributed by atoms with Crippen LogP contribution in [0.5, 0.6) is 5.75 Å². The summed E-state index contributed by atoms with van der Waals surface area (Å²) >= 11 is 0. The van der Waals surface area contributed by atoms with Crippen LogP contribution in [0.3, 0.4) is 0 Å². The standard InChI is InChI=1S/C10H13N3O4/c1-12(2)10(14)11-8-5-4-7(17-3)6-9(8)13(15)16/h4-6H,1-3H3,(H,11,14). The van der Waals surface area contributed by atoms with Gasteiger partial charge in [-0.1, -0.05) is 0 Å². The van der Waals surface area contributed by atoms with E-state index in [0.29, 0.717) is 5.75 Å². The van der Waals surface area contributed by atoms with E-state index >= 15 is 0 Å². The van der Waals surface area contributed by atoms with E-state index in [1.54, 1.807) is 14.1 Å². The molecule has 92 valence electrons. The van der Waals surface area contributed by atoms with E-state index < -0.39 is 11.0 Å². The zero-order chi connectivity index (χ0) is 13.0. The number of ether oxygens (including phenoxy) is 1. The second-order valence-electron chi connectivity index (χ2n) is 3.46. The largest absolute Gasteiger partial charge is 0.496 e. The Hall–Kier alpha value is -2.31. The molecule has 0 unspecified atom stereocenters. The van der Waals surface area contributed by atoms with Crippen LogP contribution in [0.4, 0.5) is 16.2 Å². The highest BCUT2D eigenvalue weighted by Gasteiger charge is 2.17. The SMILES string of the molecule is COc1ccc(NC(=O)N(C)C)c([N+](=O)[O-])c1. The molecule has 7 heteroatoms. The van der Waals surface area contributed by atoms with Gasteiger partial charge in [-0.3, -0.25) is 10.1 Å². The summed E-state index contributed by atoms with van der Waals surface area (Å²) in [4.78, 5) is 22.9. The molecule has 0 spiro atoms. The summed E-state index contributed by atoms with van der Waals surface area (Å²) in [5, 5.41) is 13.3. The quantitative estimate of drug-likeness (QED) is 0.642. The van der Waals surface area contributed by atoms with Gasteiger partial charge in [0.25, 0.3) is 5.69 Å². The van der Waals surface area contributed by atoms with Gasteiger partial charge in [0.2, 0.25) is 0 Å². The number of rotatable bonds is 3. The van der Waals surface area contributed by atoms with Crippen molar-refractivity contribution in [2.75, 3.05) is 26.5 Å². The number of anilines is 1.